The van der Waals surface area contributed by atoms with Crippen LogP contribution in [0.5, 0.6) is 11.5 Å². The normalized spacial score (nSPS) is 10.7. The van der Waals surface area contributed by atoms with Gasteiger partial charge in [0.15, 0.2) is 0 Å². The average Bonchev–Trinajstić information content (AvgIpc) is 2.60. The van der Waals surface area contributed by atoms with Crippen LogP contribution in [0.25, 0.3) is 0 Å². The van der Waals surface area contributed by atoms with Gasteiger partial charge in [0.25, 0.3) is 0 Å². The molecule has 2 aromatic rings. The van der Waals surface area contributed by atoms with Crippen LogP contribution in [0.1, 0.15) is 39.2 Å². The molecule has 5 heteroatoms. The van der Waals surface area contributed by atoms with Crippen LogP contribution in [0.15, 0.2) is 48.5 Å². The van der Waals surface area contributed by atoms with E-state index in [4.69, 9.17) is 9.47 Å². The number of rotatable bonds is 8. The minimum atomic E-state index is -0.262. The number of carbonyl (C=O) groups is 1. The molecule has 2 aromatic carbocycles. The summed E-state index contributed by atoms with van der Waals surface area (Å²) >= 11 is 0. The quantitative estimate of drug-likeness (QED) is 0.668. The van der Waals surface area contributed by atoms with Crippen molar-refractivity contribution in [3.63, 3.8) is 0 Å². The fourth-order valence-electron chi connectivity index (χ4n) is 2.36. The van der Waals surface area contributed by atoms with Gasteiger partial charge in [-0.3, -0.25) is 0 Å². The van der Waals surface area contributed by atoms with Crippen LogP contribution in [0.4, 0.5) is 10.5 Å². The molecule has 0 aromatic heterocycles. The molecule has 2 N–H and O–H groups in total. The molecular weight excluding hydrogens is 328 g/mol. The lowest BCUT2D eigenvalue weighted by molar-refractivity contribution is 0.242. The molecule has 26 heavy (non-hydrogen) atoms. The van der Waals surface area contributed by atoms with Crippen LogP contribution in [0, 0.1) is 0 Å². The van der Waals surface area contributed by atoms with Crippen molar-refractivity contribution in [3.05, 3.63) is 54.1 Å². The van der Waals surface area contributed by atoms with Crippen LogP contribution >= 0.6 is 0 Å². The molecule has 0 aliphatic carbocycles. The van der Waals surface area contributed by atoms with Crippen molar-refractivity contribution in [2.75, 3.05) is 18.5 Å². The zero-order valence-corrected chi connectivity index (χ0v) is 15.9. The topological polar surface area (TPSA) is 59.6 Å². The molecule has 140 valence electrons. The second kappa shape index (κ2) is 9.70. The van der Waals surface area contributed by atoms with E-state index < -0.39 is 0 Å². The van der Waals surface area contributed by atoms with Crippen molar-refractivity contribution in [2.24, 2.45) is 0 Å². The minimum Gasteiger partial charge on any atom is -0.492 e. The molecule has 2 rings (SSSR count). The molecule has 5 nitrogen and oxygen atoms in total. The lowest BCUT2D eigenvalue weighted by atomic mass is 10.0. The second-order valence-electron chi connectivity index (χ2n) is 6.65. The second-order valence-corrected chi connectivity index (χ2v) is 6.65. The molecule has 0 aliphatic heterocycles. The van der Waals surface area contributed by atoms with E-state index in [-0.39, 0.29) is 12.1 Å². The van der Waals surface area contributed by atoms with Crippen LogP contribution in [0.3, 0.4) is 0 Å². The first-order valence-corrected chi connectivity index (χ1v) is 8.98. The first-order valence-electron chi connectivity index (χ1n) is 8.98. The maximum absolute atomic E-state index is 11.9. The Labute approximate surface area is 155 Å². The molecule has 0 saturated heterocycles. The monoisotopic (exact) mass is 356 g/mol. The van der Waals surface area contributed by atoms with E-state index in [9.17, 15) is 4.79 Å². The number of carbonyl (C=O) groups excluding carboxylic acids is 1. The van der Waals surface area contributed by atoms with Gasteiger partial charge in [-0.2, -0.15) is 0 Å². The fourth-order valence-corrected chi connectivity index (χ4v) is 2.36. The number of anilines is 1. The van der Waals surface area contributed by atoms with Gasteiger partial charge in [0, 0.05) is 5.69 Å². The lowest BCUT2D eigenvalue weighted by Gasteiger charge is -2.12. The van der Waals surface area contributed by atoms with E-state index in [1.165, 1.54) is 5.56 Å². The van der Waals surface area contributed by atoms with Gasteiger partial charge in [0.1, 0.15) is 18.1 Å². The fraction of sp³-hybridized carbons (Fsp3) is 0.381. The van der Waals surface area contributed by atoms with Crippen LogP contribution in [-0.4, -0.2) is 25.3 Å². The summed E-state index contributed by atoms with van der Waals surface area (Å²) in [5.74, 6) is 2.06. The number of urea groups is 1. The number of amides is 2. The van der Waals surface area contributed by atoms with E-state index in [1.807, 2.05) is 56.3 Å². The summed E-state index contributed by atoms with van der Waals surface area (Å²) in [5.41, 5.74) is 1.95. The number of hydrogen-bond donors (Lipinski definition) is 2. The van der Waals surface area contributed by atoms with E-state index in [1.54, 1.807) is 0 Å². The van der Waals surface area contributed by atoms with Crippen LogP contribution in [-0.2, 0) is 0 Å². The molecule has 0 bridgehead atoms. The molecule has 0 heterocycles. The van der Waals surface area contributed by atoms with Gasteiger partial charge < -0.3 is 20.1 Å². The van der Waals surface area contributed by atoms with E-state index in [0.29, 0.717) is 24.8 Å². The highest BCUT2D eigenvalue weighted by Gasteiger charge is 2.04. The standard InChI is InChI=1S/C21H28N2O3/c1-15(2)17-6-5-7-20(14-17)25-13-12-22-21(24)23-18-8-10-19(11-9-18)26-16(3)4/h5-11,14-16H,12-13H2,1-4H3,(H2,22,23,24). The van der Waals surface area contributed by atoms with Gasteiger partial charge >= 0.3 is 6.03 Å². The number of ether oxygens (including phenoxy) is 2. The summed E-state index contributed by atoms with van der Waals surface area (Å²) in [7, 11) is 0. The maximum atomic E-state index is 11.9. The lowest BCUT2D eigenvalue weighted by Crippen LogP contribution is -2.32. The molecule has 0 saturated carbocycles. The highest BCUT2D eigenvalue weighted by molar-refractivity contribution is 5.89. The number of hydrogen-bond acceptors (Lipinski definition) is 3. The van der Waals surface area contributed by atoms with Crippen molar-refractivity contribution in [2.45, 2.75) is 39.7 Å². The molecule has 0 unspecified atom stereocenters. The zero-order chi connectivity index (χ0) is 18.9. The average molecular weight is 356 g/mol. The van der Waals surface area contributed by atoms with Gasteiger partial charge in [-0.05, 0) is 61.7 Å². The molecule has 0 fully saturated rings. The predicted octanol–water partition coefficient (Wildman–Crippen LogP) is 4.80. The van der Waals surface area contributed by atoms with Gasteiger partial charge in [0.2, 0.25) is 0 Å². The van der Waals surface area contributed by atoms with Gasteiger partial charge in [-0.1, -0.05) is 26.0 Å². The smallest absolute Gasteiger partial charge is 0.319 e. The zero-order valence-electron chi connectivity index (χ0n) is 15.9. The first kappa shape index (κ1) is 19.6. The maximum Gasteiger partial charge on any atom is 0.319 e. The Morgan fingerprint density at radius 2 is 1.73 bits per heavy atom. The third kappa shape index (κ3) is 6.67. The predicted molar refractivity (Wildman–Crippen MR) is 105 cm³/mol. The van der Waals surface area contributed by atoms with Crippen molar-refractivity contribution in [1.82, 2.24) is 5.32 Å². The van der Waals surface area contributed by atoms with E-state index in [2.05, 4.69) is 30.5 Å². The number of nitrogens with one attached hydrogen (secondary N) is 2. The van der Waals surface area contributed by atoms with E-state index >= 15 is 0 Å². The molecule has 0 aliphatic rings. The Kier molecular flexibility index (Phi) is 7.33. The Bertz CT molecular complexity index is 697. The largest absolute Gasteiger partial charge is 0.492 e. The summed E-state index contributed by atoms with van der Waals surface area (Å²) in [4.78, 5) is 11.9. The Morgan fingerprint density at radius 1 is 1.00 bits per heavy atom. The van der Waals surface area contributed by atoms with E-state index in [0.717, 1.165) is 11.5 Å². The van der Waals surface area contributed by atoms with Crippen molar-refractivity contribution < 1.29 is 14.3 Å². The SMILES string of the molecule is CC(C)Oc1ccc(NC(=O)NCCOc2cccc(C(C)C)c2)cc1. The molecule has 2 amide bonds. The third-order valence-electron chi connectivity index (χ3n) is 3.67. The van der Waals surface area contributed by atoms with Crippen molar-refractivity contribution in [3.8, 4) is 11.5 Å². The Hall–Kier alpha value is -2.69. The van der Waals surface area contributed by atoms with Crippen LogP contribution in [0.2, 0.25) is 0 Å². The molecular formula is C21H28N2O3. The Morgan fingerprint density at radius 3 is 2.38 bits per heavy atom. The van der Waals surface area contributed by atoms with Gasteiger partial charge in [-0.25, -0.2) is 4.79 Å². The van der Waals surface area contributed by atoms with Gasteiger partial charge in [0.05, 0.1) is 12.6 Å². The van der Waals surface area contributed by atoms with Crippen molar-refractivity contribution >= 4 is 11.7 Å². The van der Waals surface area contributed by atoms with Crippen LogP contribution < -0.4 is 20.1 Å². The van der Waals surface area contributed by atoms with Gasteiger partial charge in [-0.15, -0.1) is 0 Å². The summed E-state index contributed by atoms with van der Waals surface area (Å²) < 4.78 is 11.3. The van der Waals surface area contributed by atoms with Crippen molar-refractivity contribution in [1.29, 1.82) is 0 Å². The highest BCUT2D eigenvalue weighted by atomic mass is 16.5. The minimum absolute atomic E-state index is 0.123. The Balaban J connectivity index is 1.71. The molecule has 0 radical (unpaired) electrons. The third-order valence-corrected chi connectivity index (χ3v) is 3.67. The molecule has 0 spiro atoms. The summed E-state index contributed by atoms with van der Waals surface area (Å²) in [5, 5.41) is 5.56. The number of benzene rings is 2. The summed E-state index contributed by atoms with van der Waals surface area (Å²) in [6.07, 6.45) is 0.123. The summed E-state index contributed by atoms with van der Waals surface area (Å²) in [6.45, 7) is 9.07. The first-order chi connectivity index (χ1) is 12.4. The highest BCUT2D eigenvalue weighted by Crippen LogP contribution is 2.20. The molecule has 0 atom stereocenters. The summed E-state index contributed by atoms with van der Waals surface area (Å²) in [6, 6.07) is 15.1.